The molecule has 19 heavy (non-hydrogen) atoms. The highest BCUT2D eigenvalue weighted by atomic mass is 16.7. The quantitative estimate of drug-likeness (QED) is 0.902. The van der Waals surface area contributed by atoms with Crippen molar-refractivity contribution in [2.45, 2.75) is 31.8 Å². The molecular weight excluding hydrogens is 246 g/mol. The van der Waals surface area contributed by atoms with E-state index in [2.05, 4.69) is 0 Å². The van der Waals surface area contributed by atoms with Gasteiger partial charge < -0.3 is 14.6 Å². The maximum absolute atomic E-state index is 11.4. The van der Waals surface area contributed by atoms with Crippen molar-refractivity contribution < 1.29 is 19.4 Å². The fraction of sp³-hybridized carbons (Fsp3) is 0.500. The standard InChI is InChI=1S/C14H17NO4/c1-14(13(16)17)5-2-6-15(14)8-10-3-4-11-12(7-10)19-9-18-11/h3-4,7H,2,5-6,8-9H2,1H3,(H,16,17). The Morgan fingerprint density at radius 3 is 3.00 bits per heavy atom. The molecule has 5 nitrogen and oxygen atoms in total. The first-order valence-electron chi connectivity index (χ1n) is 6.46. The number of nitrogens with zero attached hydrogens (tertiary/aromatic N) is 1. The van der Waals surface area contributed by atoms with Crippen molar-refractivity contribution in [2.24, 2.45) is 0 Å². The van der Waals surface area contributed by atoms with E-state index in [1.54, 1.807) is 6.92 Å². The number of hydrogen-bond acceptors (Lipinski definition) is 4. The van der Waals surface area contributed by atoms with Gasteiger partial charge in [-0.3, -0.25) is 9.69 Å². The summed E-state index contributed by atoms with van der Waals surface area (Å²) < 4.78 is 10.6. The predicted molar refractivity (Wildman–Crippen MR) is 68.2 cm³/mol. The Morgan fingerprint density at radius 1 is 1.42 bits per heavy atom. The molecule has 0 aromatic heterocycles. The molecular formula is C14H17NO4. The van der Waals surface area contributed by atoms with Crippen LogP contribution in [0.3, 0.4) is 0 Å². The Hall–Kier alpha value is -1.75. The molecule has 1 aromatic rings. The predicted octanol–water partition coefficient (Wildman–Crippen LogP) is 1.85. The average molecular weight is 263 g/mol. The highest BCUT2D eigenvalue weighted by Crippen LogP contribution is 2.35. The summed E-state index contributed by atoms with van der Waals surface area (Å²) in [5, 5.41) is 9.39. The van der Waals surface area contributed by atoms with Gasteiger partial charge in [0.25, 0.3) is 0 Å². The molecule has 1 saturated heterocycles. The van der Waals surface area contributed by atoms with Crippen molar-refractivity contribution in [3.05, 3.63) is 23.8 Å². The van der Waals surface area contributed by atoms with Gasteiger partial charge in [0.2, 0.25) is 6.79 Å². The van der Waals surface area contributed by atoms with Crippen LogP contribution < -0.4 is 9.47 Å². The fourth-order valence-electron chi connectivity index (χ4n) is 2.77. The van der Waals surface area contributed by atoms with E-state index in [0.717, 1.165) is 30.0 Å². The molecule has 0 radical (unpaired) electrons. The minimum atomic E-state index is -0.754. The summed E-state index contributed by atoms with van der Waals surface area (Å²) in [5.41, 5.74) is 0.301. The lowest BCUT2D eigenvalue weighted by Gasteiger charge is -2.31. The molecule has 102 valence electrons. The van der Waals surface area contributed by atoms with Crippen LogP contribution in [0.25, 0.3) is 0 Å². The van der Waals surface area contributed by atoms with Crippen molar-refractivity contribution in [1.29, 1.82) is 0 Å². The van der Waals surface area contributed by atoms with Gasteiger partial charge in [-0.05, 0) is 44.0 Å². The van der Waals surface area contributed by atoms with E-state index in [9.17, 15) is 9.90 Å². The Morgan fingerprint density at radius 2 is 2.21 bits per heavy atom. The molecule has 0 saturated carbocycles. The number of benzene rings is 1. The lowest BCUT2D eigenvalue weighted by Crippen LogP contribution is -2.47. The van der Waals surface area contributed by atoms with Gasteiger partial charge in [-0.25, -0.2) is 0 Å². The summed E-state index contributed by atoms with van der Waals surface area (Å²) in [6.45, 7) is 3.50. The molecule has 0 amide bonds. The maximum atomic E-state index is 11.4. The van der Waals surface area contributed by atoms with E-state index in [4.69, 9.17) is 9.47 Å². The summed E-state index contributed by atoms with van der Waals surface area (Å²) in [5.74, 6) is 0.755. The zero-order chi connectivity index (χ0) is 13.5. The minimum Gasteiger partial charge on any atom is -0.480 e. The molecule has 0 bridgehead atoms. The Balaban J connectivity index is 1.80. The number of aliphatic carboxylic acids is 1. The molecule has 2 aliphatic rings. The molecule has 5 heteroatoms. The summed E-state index contributed by atoms with van der Waals surface area (Å²) in [6, 6.07) is 5.78. The lowest BCUT2D eigenvalue weighted by molar-refractivity contribution is -0.148. The van der Waals surface area contributed by atoms with Crippen molar-refractivity contribution in [1.82, 2.24) is 4.90 Å². The molecule has 1 atom stereocenters. The second-order valence-corrected chi connectivity index (χ2v) is 5.29. The van der Waals surface area contributed by atoms with Crippen LogP contribution in [0.15, 0.2) is 18.2 Å². The molecule has 3 rings (SSSR count). The molecule has 1 aromatic carbocycles. The van der Waals surface area contributed by atoms with Gasteiger partial charge in [-0.15, -0.1) is 0 Å². The van der Waals surface area contributed by atoms with Gasteiger partial charge in [0.05, 0.1) is 0 Å². The first-order chi connectivity index (χ1) is 9.09. The maximum Gasteiger partial charge on any atom is 0.323 e. The smallest absolute Gasteiger partial charge is 0.323 e. The van der Waals surface area contributed by atoms with E-state index in [0.29, 0.717) is 13.0 Å². The molecule has 2 aliphatic heterocycles. The monoisotopic (exact) mass is 263 g/mol. The van der Waals surface area contributed by atoms with Gasteiger partial charge in [0.15, 0.2) is 11.5 Å². The van der Waals surface area contributed by atoms with Crippen LogP contribution in [-0.2, 0) is 11.3 Å². The highest BCUT2D eigenvalue weighted by molar-refractivity contribution is 5.78. The summed E-state index contributed by atoms with van der Waals surface area (Å²) >= 11 is 0. The topological polar surface area (TPSA) is 59.0 Å². The molecule has 1 unspecified atom stereocenters. The van der Waals surface area contributed by atoms with E-state index in [1.165, 1.54) is 0 Å². The van der Waals surface area contributed by atoms with E-state index in [-0.39, 0.29) is 6.79 Å². The third kappa shape index (κ3) is 2.04. The number of likely N-dealkylation sites (tertiary alicyclic amines) is 1. The van der Waals surface area contributed by atoms with E-state index in [1.807, 2.05) is 23.1 Å². The molecule has 0 spiro atoms. The van der Waals surface area contributed by atoms with Gasteiger partial charge >= 0.3 is 5.97 Å². The Labute approximate surface area is 111 Å². The van der Waals surface area contributed by atoms with Crippen LogP contribution in [-0.4, -0.2) is 34.9 Å². The summed E-state index contributed by atoms with van der Waals surface area (Å²) in [7, 11) is 0. The van der Waals surface area contributed by atoms with Crippen LogP contribution >= 0.6 is 0 Å². The summed E-state index contributed by atoms with van der Waals surface area (Å²) in [4.78, 5) is 13.4. The van der Waals surface area contributed by atoms with Gasteiger partial charge in [-0.1, -0.05) is 6.07 Å². The number of ether oxygens (including phenoxy) is 2. The number of carbonyl (C=O) groups is 1. The van der Waals surface area contributed by atoms with Crippen molar-refractivity contribution in [3.63, 3.8) is 0 Å². The average Bonchev–Trinajstić information content (AvgIpc) is 2.97. The lowest BCUT2D eigenvalue weighted by atomic mass is 9.99. The molecule has 1 N–H and O–H groups in total. The number of hydrogen-bond donors (Lipinski definition) is 1. The van der Waals surface area contributed by atoms with Crippen LogP contribution in [0, 0.1) is 0 Å². The SMILES string of the molecule is CC1(C(=O)O)CCCN1Cc1ccc2c(c1)OCO2. The van der Waals surface area contributed by atoms with Crippen molar-refractivity contribution >= 4 is 5.97 Å². The molecule has 0 aliphatic carbocycles. The number of fused-ring (bicyclic) bond motifs is 1. The van der Waals surface area contributed by atoms with E-state index >= 15 is 0 Å². The normalized spacial score (nSPS) is 25.7. The zero-order valence-corrected chi connectivity index (χ0v) is 10.9. The third-order valence-corrected chi connectivity index (χ3v) is 4.06. The summed E-state index contributed by atoms with van der Waals surface area (Å²) in [6.07, 6.45) is 1.63. The van der Waals surface area contributed by atoms with Gasteiger partial charge in [-0.2, -0.15) is 0 Å². The number of carboxylic acids is 1. The second kappa shape index (κ2) is 4.42. The van der Waals surface area contributed by atoms with Crippen molar-refractivity contribution in [2.75, 3.05) is 13.3 Å². The van der Waals surface area contributed by atoms with Crippen LogP contribution in [0.1, 0.15) is 25.3 Å². The number of carboxylic acid groups (broad SMARTS) is 1. The van der Waals surface area contributed by atoms with Crippen molar-refractivity contribution in [3.8, 4) is 11.5 Å². The van der Waals surface area contributed by atoms with Gasteiger partial charge in [0, 0.05) is 6.54 Å². The Kier molecular flexibility index (Phi) is 2.86. The minimum absolute atomic E-state index is 0.259. The van der Waals surface area contributed by atoms with Crippen LogP contribution in [0.2, 0.25) is 0 Å². The van der Waals surface area contributed by atoms with Gasteiger partial charge in [0.1, 0.15) is 5.54 Å². The molecule has 1 fully saturated rings. The first kappa shape index (κ1) is 12.3. The molecule has 2 heterocycles. The zero-order valence-electron chi connectivity index (χ0n) is 10.9. The third-order valence-electron chi connectivity index (χ3n) is 4.06. The first-order valence-corrected chi connectivity index (χ1v) is 6.46. The van der Waals surface area contributed by atoms with E-state index < -0.39 is 11.5 Å². The second-order valence-electron chi connectivity index (χ2n) is 5.29. The largest absolute Gasteiger partial charge is 0.480 e. The number of rotatable bonds is 3. The fourth-order valence-corrected chi connectivity index (χ4v) is 2.77. The van der Waals surface area contributed by atoms with Crippen LogP contribution in [0.4, 0.5) is 0 Å². The van der Waals surface area contributed by atoms with Crippen LogP contribution in [0.5, 0.6) is 11.5 Å². The Bertz CT molecular complexity index is 516. The highest BCUT2D eigenvalue weighted by Gasteiger charge is 2.43.